The van der Waals surface area contributed by atoms with Crippen molar-refractivity contribution in [2.45, 2.75) is 73.4 Å². The Morgan fingerprint density at radius 3 is 2.39 bits per heavy atom. The lowest BCUT2D eigenvalue weighted by molar-refractivity contribution is -0.201. The van der Waals surface area contributed by atoms with Gasteiger partial charge in [-0.15, -0.1) is 0 Å². The summed E-state index contributed by atoms with van der Waals surface area (Å²) in [6, 6.07) is 6.18. The van der Waals surface area contributed by atoms with Crippen LogP contribution in [0.3, 0.4) is 0 Å². The third-order valence-electron chi connectivity index (χ3n) is 8.25. The minimum absolute atomic E-state index is 0.0106. The Morgan fingerprint density at radius 1 is 1.07 bits per heavy atom. The van der Waals surface area contributed by atoms with E-state index in [1.807, 2.05) is 11.2 Å². The first kappa shape index (κ1) is 32.7. The summed E-state index contributed by atoms with van der Waals surface area (Å²) in [5.74, 6) is 0.199. The molecule has 2 aromatic rings. The van der Waals surface area contributed by atoms with Crippen LogP contribution in [0.25, 0.3) is 0 Å². The largest absolute Gasteiger partial charge is 0.490 e. The molecule has 44 heavy (non-hydrogen) atoms. The number of hydrogen-bond acceptors (Lipinski definition) is 10. The van der Waals surface area contributed by atoms with Gasteiger partial charge in [-0.05, 0) is 75.1 Å². The second-order valence-electron chi connectivity index (χ2n) is 11.0. The van der Waals surface area contributed by atoms with Crippen molar-refractivity contribution in [1.29, 1.82) is 0 Å². The highest BCUT2D eigenvalue weighted by molar-refractivity contribution is 7.98. The highest BCUT2D eigenvalue weighted by Gasteiger charge is 2.55. The molecule has 242 valence electrons. The molecule has 0 radical (unpaired) electrons. The predicted octanol–water partition coefficient (Wildman–Crippen LogP) is 4.00. The van der Waals surface area contributed by atoms with E-state index in [4.69, 9.17) is 14.3 Å². The third kappa shape index (κ3) is 7.25. The van der Waals surface area contributed by atoms with E-state index in [9.17, 15) is 26.4 Å². The highest BCUT2D eigenvalue weighted by Crippen LogP contribution is 2.37. The van der Waals surface area contributed by atoms with Crippen LogP contribution in [-0.4, -0.2) is 84.8 Å². The fraction of sp³-hybridized carbons (Fsp3) is 0.607. The molecular formula is C28H36F3N5O6S2. The molecule has 5 rings (SSSR count). The van der Waals surface area contributed by atoms with Gasteiger partial charge in [-0.2, -0.15) is 13.2 Å². The van der Waals surface area contributed by atoms with Gasteiger partial charge in [0.15, 0.2) is 16.2 Å². The van der Waals surface area contributed by atoms with Crippen molar-refractivity contribution in [2.75, 3.05) is 43.9 Å². The number of thioether (sulfide) groups is 1. The molecule has 3 fully saturated rings. The molecule has 3 aliphatic rings. The van der Waals surface area contributed by atoms with E-state index in [0.29, 0.717) is 36.8 Å². The van der Waals surface area contributed by atoms with Crippen LogP contribution in [0.2, 0.25) is 0 Å². The number of amides is 1. The molecule has 1 N–H and O–H groups in total. The Hall–Kier alpha value is -2.66. The van der Waals surface area contributed by atoms with Crippen molar-refractivity contribution in [3.05, 3.63) is 42.1 Å². The molecule has 1 atom stereocenters. The number of sulfonamides is 1. The molecule has 16 heteroatoms. The van der Waals surface area contributed by atoms with Crippen LogP contribution >= 0.6 is 11.8 Å². The molecule has 0 bridgehead atoms. The summed E-state index contributed by atoms with van der Waals surface area (Å²) in [4.78, 5) is 29.9. The number of aromatic nitrogens is 2. The highest BCUT2D eigenvalue weighted by atomic mass is 32.2. The Morgan fingerprint density at radius 2 is 1.77 bits per heavy atom. The van der Waals surface area contributed by atoms with E-state index in [2.05, 4.69) is 15.4 Å². The van der Waals surface area contributed by atoms with Crippen LogP contribution in [0.15, 0.2) is 41.7 Å². The summed E-state index contributed by atoms with van der Waals surface area (Å²) in [6.07, 6.45) is 1.04. The van der Waals surface area contributed by atoms with Gasteiger partial charge in [-0.1, -0.05) is 11.8 Å². The molecule has 1 aromatic heterocycles. The Kier molecular flexibility index (Phi) is 10.2. The van der Waals surface area contributed by atoms with E-state index in [0.717, 1.165) is 25.0 Å². The van der Waals surface area contributed by atoms with Crippen molar-refractivity contribution < 1.29 is 40.7 Å². The van der Waals surface area contributed by atoms with Crippen LogP contribution in [0.5, 0.6) is 5.75 Å². The molecule has 0 spiro atoms. The zero-order chi connectivity index (χ0) is 31.4. The van der Waals surface area contributed by atoms with Crippen molar-refractivity contribution in [2.24, 2.45) is 0 Å². The molecule has 1 aromatic carbocycles. The van der Waals surface area contributed by atoms with Gasteiger partial charge in [0, 0.05) is 45.4 Å². The maximum atomic E-state index is 14.3. The minimum Gasteiger partial charge on any atom is -0.490 e. The summed E-state index contributed by atoms with van der Waals surface area (Å²) < 4.78 is 78.2. The Labute approximate surface area is 258 Å². The molecule has 0 saturated carbocycles. The van der Waals surface area contributed by atoms with Crippen LogP contribution in [0.4, 0.5) is 19.0 Å². The Balaban J connectivity index is 1.28. The van der Waals surface area contributed by atoms with Gasteiger partial charge in [-0.25, -0.2) is 33.0 Å². The average Bonchev–Trinajstić information content (AvgIpc) is 3.04. The van der Waals surface area contributed by atoms with E-state index in [-0.39, 0.29) is 50.9 Å². The Bertz CT molecular complexity index is 1380. The van der Waals surface area contributed by atoms with E-state index >= 15 is 0 Å². The van der Waals surface area contributed by atoms with Crippen molar-refractivity contribution in [3.63, 3.8) is 0 Å². The van der Waals surface area contributed by atoms with E-state index < -0.39 is 38.7 Å². The topological polar surface area (TPSA) is 123 Å². The standard InChI is InChI=1S/C28H36F3N5O6S2/c1-43-26-32-14-9-23(33-26)35-17-12-27(13-18-35,25(37)34-42-24-4-2-3-19-40-24)44(38,39)36-15-10-22(11-16-36)41-21-7-5-20(6-8-21)28(29,30)31/h5-9,14,22,24H,2-4,10-13,15-19H2,1H3,(H,34,37). The van der Waals surface area contributed by atoms with Crippen molar-refractivity contribution in [3.8, 4) is 5.75 Å². The molecule has 3 saturated heterocycles. The van der Waals surface area contributed by atoms with Crippen LogP contribution in [-0.2, 0) is 30.6 Å². The zero-order valence-electron chi connectivity index (χ0n) is 24.3. The normalized spacial score (nSPS) is 22.0. The van der Waals surface area contributed by atoms with Crippen LogP contribution in [0, 0.1) is 0 Å². The fourth-order valence-corrected chi connectivity index (χ4v) is 8.19. The number of rotatable bonds is 9. The SMILES string of the molecule is CSc1nccc(N2CCC(C(=O)NOC3CCCCO3)(S(=O)(=O)N3CCC(Oc4ccc(C(F)(F)F)cc4)CC3)CC2)n1. The van der Waals surface area contributed by atoms with Gasteiger partial charge >= 0.3 is 6.18 Å². The lowest BCUT2D eigenvalue weighted by Crippen LogP contribution is -2.63. The van der Waals surface area contributed by atoms with Crippen LogP contribution < -0.4 is 15.1 Å². The summed E-state index contributed by atoms with van der Waals surface area (Å²) in [7, 11) is -4.18. The van der Waals surface area contributed by atoms with E-state index in [1.165, 1.54) is 28.2 Å². The number of hydrogen-bond donors (Lipinski definition) is 1. The number of anilines is 1. The number of nitrogens with zero attached hydrogens (tertiary/aromatic N) is 4. The summed E-state index contributed by atoms with van der Waals surface area (Å²) in [6.45, 7) is 1.24. The smallest absolute Gasteiger partial charge is 0.416 e. The van der Waals surface area contributed by atoms with Gasteiger partial charge < -0.3 is 14.4 Å². The van der Waals surface area contributed by atoms with Crippen LogP contribution in [0.1, 0.15) is 50.5 Å². The quantitative estimate of drug-likeness (QED) is 0.240. The maximum absolute atomic E-state index is 14.3. The number of alkyl halides is 3. The van der Waals surface area contributed by atoms with Crippen molar-refractivity contribution in [1.82, 2.24) is 19.8 Å². The average molecular weight is 660 g/mol. The predicted molar refractivity (Wildman–Crippen MR) is 156 cm³/mol. The van der Waals surface area contributed by atoms with Gasteiger partial charge in [-0.3, -0.25) is 4.79 Å². The van der Waals surface area contributed by atoms with Gasteiger partial charge in [0.1, 0.15) is 17.7 Å². The van der Waals surface area contributed by atoms with Gasteiger partial charge in [0.25, 0.3) is 5.91 Å². The zero-order valence-corrected chi connectivity index (χ0v) is 25.9. The monoisotopic (exact) mass is 659 g/mol. The summed E-state index contributed by atoms with van der Waals surface area (Å²) in [5, 5.41) is 0.590. The number of nitrogens with one attached hydrogen (secondary N) is 1. The van der Waals surface area contributed by atoms with Gasteiger partial charge in [0.05, 0.1) is 5.56 Å². The number of carbonyl (C=O) groups excluding carboxylic acids is 1. The number of hydroxylamine groups is 1. The fourth-order valence-electron chi connectivity index (χ4n) is 5.67. The number of carbonyl (C=O) groups is 1. The third-order valence-corrected chi connectivity index (χ3v) is 11.4. The molecule has 1 unspecified atom stereocenters. The molecule has 0 aliphatic carbocycles. The second kappa shape index (κ2) is 13.8. The number of benzene rings is 1. The molecular weight excluding hydrogens is 623 g/mol. The first-order valence-electron chi connectivity index (χ1n) is 14.6. The van der Waals surface area contributed by atoms with Crippen molar-refractivity contribution >= 4 is 33.5 Å². The minimum atomic E-state index is -4.45. The molecule has 3 aliphatic heterocycles. The van der Waals surface area contributed by atoms with Gasteiger partial charge in [0.2, 0.25) is 10.0 Å². The molecule has 1 amide bonds. The first-order chi connectivity index (χ1) is 21.0. The number of ether oxygens (including phenoxy) is 2. The second-order valence-corrected chi connectivity index (χ2v) is 14.0. The lowest BCUT2D eigenvalue weighted by Gasteiger charge is -2.43. The summed E-state index contributed by atoms with van der Waals surface area (Å²) in [5.41, 5.74) is 1.64. The molecule has 11 nitrogen and oxygen atoms in total. The summed E-state index contributed by atoms with van der Waals surface area (Å²) >= 11 is 1.40. The number of piperidine rings is 2. The molecule has 4 heterocycles. The van der Waals surface area contributed by atoms with E-state index in [1.54, 1.807) is 12.3 Å². The number of halogens is 3. The lowest BCUT2D eigenvalue weighted by atomic mass is 9.95. The maximum Gasteiger partial charge on any atom is 0.416 e. The first-order valence-corrected chi connectivity index (χ1v) is 17.2.